The van der Waals surface area contributed by atoms with Gasteiger partial charge in [-0.25, -0.2) is 4.98 Å². The molecule has 1 amide bonds. The van der Waals surface area contributed by atoms with Gasteiger partial charge in [-0.15, -0.1) is 0 Å². The number of hydrogen-bond acceptors (Lipinski definition) is 3. The molecule has 0 aliphatic heterocycles. The van der Waals surface area contributed by atoms with Crippen molar-refractivity contribution in [1.29, 1.82) is 0 Å². The number of anilines is 1. The highest BCUT2D eigenvalue weighted by molar-refractivity contribution is 5.92. The Bertz CT molecular complexity index is 245. The van der Waals surface area contributed by atoms with Crippen LogP contribution in [0.25, 0.3) is 0 Å². The van der Waals surface area contributed by atoms with Crippen molar-refractivity contribution in [3.05, 3.63) is 12.4 Å². The smallest absolute Gasteiger partial charge is 0.255 e. The van der Waals surface area contributed by atoms with Crippen molar-refractivity contribution in [3.8, 4) is 0 Å². The molecule has 1 aromatic rings. The Hall–Kier alpha value is -1.36. The van der Waals surface area contributed by atoms with E-state index in [4.69, 9.17) is 4.74 Å². The average molecular weight is 169 g/mol. The first-order valence-electron chi connectivity index (χ1n) is 3.57. The predicted octanol–water partition coefficient (Wildman–Crippen LogP) is 0.383. The SMILES string of the molecule is COC(C)C(=O)Nc1ncc[nH]1. The Morgan fingerprint density at radius 3 is 3.08 bits per heavy atom. The quantitative estimate of drug-likeness (QED) is 0.687. The predicted molar refractivity (Wildman–Crippen MR) is 43.7 cm³/mol. The summed E-state index contributed by atoms with van der Waals surface area (Å²) in [5.74, 6) is 0.219. The summed E-state index contributed by atoms with van der Waals surface area (Å²) >= 11 is 0. The lowest BCUT2D eigenvalue weighted by molar-refractivity contribution is -0.124. The van der Waals surface area contributed by atoms with Crippen molar-refractivity contribution in [2.75, 3.05) is 12.4 Å². The van der Waals surface area contributed by atoms with E-state index in [1.807, 2.05) is 0 Å². The number of ether oxygens (including phenoxy) is 1. The van der Waals surface area contributed by atoms with E-state index < -0.39 is 6.10 Å². The molecule has 0 spiro atoms. The molecule has 0 saturated heterocycles. The van der Waals surface area contributed by atoms with E-state index in [1.54, 1.807) is 19.3 Å². The summed E-state index contributed by atoms with van der Waals surface area (Å²) < 4.78 is 4.81. The second kappa shape index (κ2) is 3.87. The molecule has 1 unspecified atom stereocenters. The number of rotatable bonds is 3. The Morgan fingerprint density at radius 2 is 2.58 bits per heavy atom. The van der Waals surface area contributed by atoms with Crippen LogP contribution in [0.3, 0.4) is 0 Å². The monoisotopic (exact) mass is 169 g/mol. The fourth-order valence-corrected chi connectivity index (χ4v) is 0.659. The molecule has 1 atom stereocenters. The molecule has 1 aromatic heterocycles. The minimum atomic E-state index is -0.463. The third-order valence-corrected chi connectivity index (χ3v) is 1.46. The van der Waals surface area contributed by atoms with Crippen LogP contribution >= 0.6 is 0 Å². The van der Waals surface area contributed by atoms with Gasteiger partial charge in [0.2, 0.25) is 5.95 Å². The van der Waals surface area contributed by atoms with E-state index in [0.717, 1.165) is 0 Å². The van der Waals surface area contributed by atoms with E-state index in [0.29, 0.717) is 5.95 Å². The molecule has 66 valence electrons. The van der Waals surface area contributed by atoms with Crippen molar-refractivity contribution in [3.63, 3.8) is 0 Å². The molecule has 1 heterocycles. The van der Waals surface area contributed by atoms with E-state index in [-0.39, 0.29) is 5.91 Å². The maximum absolute atomic E-state index is 11.1. The van der Waals surface area contributed by atoms with Gasteiger partial charge in [0.1, 0.15) is 6.10 Å². The molecule has 0 fully saturated rings. The first-order valence-corrected chi connectivity index (χ1v) is 3.57. The van der Waals surface area contributed by atoms with Gasteiger partial charge >= 0.3 is 0 Å². The number of imidazole rings is 1. The maximum atomic E-state index is 11.1. The minimum absolute atomic E-state index is 0.215. The highest BCUT2D eigenvalue weighted by Crippen LogP contribution is 1.97. The van der Waals surface area contributed by atoms with Crippen molar-refractivity contribution >= 4 is 11.9 Å². The summed E-state index contributed by atoms with van der Waals surface area (Å²) in [5, 5.41) is 2.54. The molecule has 1 rings (SSSR count). The molecule has 0 aliphatic rings. The normalized spacial score (nSPS) is 12.5. The number of aromatic nitrogens is 2. The fourth-order valence-electron chi connectivity index (χ4n) is 0.659. The number of hydrogen-bond donors (Lipinski definition) is 2. The maximum Gasteiger partial charge on any atom is 0.255 e. The largest absolute Gasteiger partial charge is 0.372 e. The van der Waals surface area contributed by atoms with E-state index in [9.17, 15) is 4.79 Å². The number of nitrogens with one attached hydrogen (secondary N) is 2. The van der Waals surface area contributed by atoms with E-state index >= 15 is 0 Å². The Labute approximate surface area is 70.1 Å². The average Bonchev–Trinajstić information content (AvgIpc) is 2.55. The fraction of sp³-hybridized carbons (Fsp3) is 0.429. The van der Waals surface area contributed by atoms with Gasteiger partial charge < -0.3 is 9.72 Å². The first kappa shape index (κ1) is 8.73. The summed E-state index contributed by atoms with van der Waals surface area (Å²) in [6.45, 7) is 1.66. The Kier molecular flexibility index (Phi) is 2.82. The lowest BCUT2D eigenvalue weighted by atomic mass is 10.4. The van der Waals surface area contributed by atoms with Crippen LogP contribution in [-0.4, -0.2) is 29.1 Å². The molecule has 2 N–H and O–H groups in total. The first-order chi connectivity index (χ1) is 5.74. The summed E-state index contributed by atoms with van der Waals surface area (Å²) in [5.41, 5.74) is 0. The lowest BCUT2D eigenvalue weighted by Crippen LogP contribution is -2.26. The van der Waals surface area contributed by atoms with E-state index in [2.05, 4.69) is 15.3 Å². The van der Waals surface area contributed by atoms with Crippen molar-refractivity contribution in [1.82, 2.24) is 9.97 Å². The van der Waals surface area contributed by atoms with Crippen molar-refractivity contribution in [2.24, 2.45) is 0 Å². The van der Waals surface area contributed by atoms with Gasteiger partial charge in [0.15, 0.2) is 0 Å². The molecule has 0 aliphatic carbocycles. The second-order valence-electron chi connectivity index (χ2n) is 2.30. The Morgan fingerprint density at radius 1 is 1.83 bits per heavy atom. The zero-order chi connectivity index (χ0) is 8.97. The van der Waals surface area contributed by atoms with Crippen LogP contribution in [0, 0.1) is 0 Å². The van der Waals surface area contributed by atoms with E-state index in [1.165, 1.54) is 7.11 Å². The van der Waals surface area contributed by atoms with Gasteiger partial charge in [-0.05, 0) is 6.92 Å². The van der Waals surface area contributed by atoms with Gasteiger partial charge in [-0.2, -0.15) is 0 Å². The molecular formula is C7H11N3O2. The number of nitrogens with zero attached hydrogens (tertiary/aromatic N) is 1. The lowest BCUT2D eigenvalue weighted by Gasteiger charge is -2.07. The molecular weight excluding hydrogens is 158 g/mol. The molecule has 0 bridgehead atoms. The molecule has 0 radical (unpaired) electrons. The third kappa shape index (κ3) is 2.06. The molecule has 0 aromatic carbocycles. The summed E-state index contributed by atoms with van der Waals surface area (Å²) in [7, 11) is 1.48. The van der Waals surface area contributed by atoms with Crippen molar-refractivity contribution < 1.29 is 9.53 Å². The van der Waals surface area contributed by atoms with Crippen LogP contribution in [0.1, 0.15) is 6.92 Å². The number of amides is 1. The number of aromatic amines is 1. The molecule has 5 heteroatoms. The summed E-state index contributed by atoms with van der Waals surface area (Å²) in [6.07, 6.45) is 2.73. The summed E-state index contributed by atoms with van der Waals surface area (Å²) in [4.78, 5) is 17.7. The van der Waals surface area contributed by atoms with Crippen LogP contribution in [0.4, 0.5) is 5.95 Å². The topological polar surface area (TPSA) is 67.0 Å². The molecule has 0 saturated carbocycles. The van der Waals surface area contributed by atoms with Crippen LogP contribution < -0.4 is 5.32 Å². The number of methoxy groups -OCH3 is 1. The zero-order valence-electron chi connectivity index (χ0n) is 7.00. The molecule has 12 heavy (non-hydrogen) atoms. The highest BCUT2D eigenvalue weighted by atomic mass is 16.5. The highest BCUT2D eigenvalue weighted by Gasteiger charge is 2.11. The number of carbonyl (C=O) groups excluding carboxylic acids is 1. The minimum Gasteiger partial charge on any atom is -0.372 e. The molecule has 5 nitrogen and oxygen atoms in total. The second-order valence-corrected chi connectivity index (χ2v) is 2.30. The van der Waals surface area contributed by atoms with Crippen LogP contribution in [-0.2, 0) is 9.53 Å². The number of H-pyrrole nitrogens is 1. The Balaban J connectivity index is 2.47. The van der Waals surface area contributed by atoms with Gasteiger partial charge in [-0.1, -0.05) is 0 Å². The van der Waals surface area contributed by atoms with Gasteiger partial charge in [0.25, 0.3) is 5.91 Å². The van der Waals surface area contributed by atoms with Crippen LogP contribution in [0.2, 0.25) is 0 Å². The summed E-state index contributed by atoms with van der Waals surface area (Å²) in [6, 6.07) is 0. The van der Waals surface area contributed by atoms with Gasteiger partial charge in [0.05, 0.1) is 0 Å². The zero-order valence-corrected chi connectivity index (χ0v) is 7.00. The third-order valence-electron chi connectivity index (χ3n) is 1.46. The van der Waals surface area contributed by atoms with Crippen molar-refractivity contribution in [2.45, 2.75) is 13.0 Å². The standard InChI is InChI=1S/C7H11N3O2/c1-5(12-2)6(11)10-7-8-3-4-9-7/h3-5H,1-2H3,(H2,8,9,10,11). The van der Waals surface area contributed by atoms with Crippen LogP contribution in [0.5, 0.6) is 0 Å². The number of carbonyl (C=O) groups is 1. The van der Waals surface area contributed by atoms with Gasteiger partial charge in [-0.3, -0.25) is 10.1 Å². The van der Waals surface area contributed by atoms with Crippen LogP contribution in [0.15, 0.2) is 12.4 Å². The van der Waals surface area contributed by atoms with Gasteiger partial charge in [0, 0.05) is 19.5 Å².